The van der Waals surface area contributed by atoms with Crippen molar-refractivity contribution >= 4 is 46.9 Å². The molecule has 0 aliphatic rings. The summed E-state index contributed by atoms with van der Waals surface area (Å²) in [7, 11) is 0. The van der Waals surface area contributed by atoms with E-state index in [1.807, 2.05) is 24.3 Å². The third-order valence-corrected chi connectivity index (χ3v) is 6.05. The maximum atomic E-state index is 12.6. The fraction of sp³-hybridized carbons (Fsp3) is 0. The van der Waals surface area contributed by atoms with Crippen molar-refractivity contribution in [2.45, 2.75) is 0 Å². The van der Waals surface area contributed by atoms with E-state index in [1.165, 1.54) is 4.44 Å². The minimum atomic E-state index is -0.0340. The monoisotopic (exact) mass is 360 g/mol. The van der Waals surface area contributed by atoms with Crippen molar-refractivity contribution in [3.8, 4) is 10.0 Å². The van der Waals surface area contributed by atoms with Gasteiger partial charge in [-0.05, 0) is 0 Å². The van der Waals surface area contributed by atoms with Crippen molar-refractivity contribution in [2.75, 3.05) is 0 Å². The average Bonchev–Trinajstić information content (AvgIpc) is 2.94. The molecule has 4 heteroatoms. The van der Waals surface area contributed by atoms with Crippen molar-refractivity contribution in [2.24, 2.45) is 0 Å². The molecule has 0 saturated heterocycles. The summed E-state index contributed by atoms with van der Waals surface area (Å²) >= 11 is 5.94. The molecule has 0 saturated carbocycles. The van der Waals surface area contributed by atoms with Gasteiger partial charge in [0.15, 0.2) is 0 Å². The van der Waals surface area contributed by atoms with Gasteiger partial charge in [0.2, 0.25) is 0 Å². The number of benzene rings is 2. The molecule has 0 radical (unpaired) electrons. The van der Waals surface area contributed by atoms with Gasteiger partial charge in [-0.2, -0.15) is 0 Å². The molecule has 0 N–H and O–H groups in total. The molecule has 0 fully saturated rings. The van der Waals surface area contributed by atoms with Crippen LogP contribution >= 0.6 is 11.6 Å². The van der Waals surface area contributed by atoms with E-state index in [2.05, 4.69) is 12.1 Å². The van der Waals surface area contributed by atoms with Crippen LogP contribution in [0.15, 0.2) is 63.8 Å². The molecule has 102 valence electrons. The van der Waals surface area contributed by atoms with E-state index in [9.17, 15) is 4.79 Å². The Morgan fingerprint density at radius 1 is 0.952 bits per heavy atom. The number of hydrogen-bond acceptors (Lipinski definition) is 2. The van der Waals surface area contributed by atoms with Crippen LogP contribution in [0.3, 0.4) is 0 Å². The summed E-state index contributed by atoms with van der Waals surface area (Å²) in [4.78, 5) is 12.6. The van der Waals surface area contributed by atoms with Crippen LogP contribution < -0.4 is 5.43 Å². The molecule has 0 aliphatic carbocycles. The van der Waals surface area contributed by atoms with Gasteiger partial charge in [0.25, 0.3) is 0 Å². The van der Waals surface area contributed by atoms with Crippen LogP contribution in [0.1, 0.15) is 0 Å². The molecular formula is C17H9ClO2Se. The maximum absolute atomic E-state index is 12.6. The fourth-order valence-electron chi connectivity index (χ4n) is 2.36. The molecule has 2 nitrogen and oxygen atoms in total. The first-order valence-corrected chi connectivity index (χ1v) is 8.53. The molecule has 21 heavy (non-hydrogen) atoms. The SMILES string of the molecule is O=c1c2cc(Cl)ccc2oc2cc(-c3ccccc3)[se]c12. The number of rotatable bonds is 1. The average molecular weight is 360 g/mol. The molecule has 0 atom stereocenters. The predicted octanol–water partition coefficient (Wildman–Crippen LogP) is 4.32. The Labute approximate surface area is 131 Å². The van der Waals surface area contributed by atoms with Gasteiger partial charge < -0.3 is 0 Å². The second kappa shape index (κ2) is 4.88. The number of fused-ring (bicyclic) bond motifs is 2. The summed E-state index contributed by atoms with van der Waals surface area (Å²) in [5, 5.41) is 1.11. The van der Waals surface area contributed by atoms with Gasteiger partial charge in [-0.1, -0.05) is 0 Å². The quantitative estimate of drug-likeness (QED) is 0.474. The van der Waals surface area contributed by atoms with Crippen LogP contribution in [0.25, 0.3) is 30.8 Å². The van der Waals surface area contributed by atoms with Crippen molar-refractivity contribution in [3.05, 3.63) is 69.8 Å². The summed E-state index contributed by atoms with van der Waals surface area (Å²) in [5.74, 6) is 0. The van der Waals surface area contributed by atoms with Gasteiger partial charge >= 0.3 is 131 Å². The first-order valence-electron chi connectivity index (χ1n) is 6.44. The van der Waals surface area contributed by atoms with E-state index in [-0.39, 0.29) is 19.9 Å². The predicted molar refractivity (Wildman–Crippen MR) is 87.4 cm³/mol. The molecule has 0 unspecified atom stereocenters. The molecule has 0 amide bonds. The third kappa shape index (κ3) is 2.14. The topological polar surface area (TPSA) is 30.2 Å². The number of halogens is 1. The van der Waals surface area contributed by atoms with E-state index >= 15 is 0 Å². The van der Waals surface area contributed by atoms with Gasteiger partial charge in [0, 0.05) is 0 Å². The van der Waals surface area contributed by atoms with Crippen LogP contribution in [0, 0.1) is 0 Å². The second-order valence-electron chi connectivity index (χ2n) is 4.74. The van der Waals surface area contributed by atoms with Crippen LogP contribution in [0.4, 0.5) is 0 Å². The van der Waals surface area contributed by atoms with E-state index in [1.54, 1.807) is 18.2 Å². The van der Waals surface area contributed by atoms with E-state index < -0.39 is 0 Å². The zero-order valence-electron chi connectivity index (χ0n) is 10.8. The van der Waals surface area contributed by atoms with Crippen LogP contribution in [0.5, 0.6) is 0 Å². The summed E-state index contributed by atoms with van der Waals surface area (Å²) in [5.41, 5.74) is 2.46. The van der Waals surface area contributed by atoms with E-state index in [0.29, 0.717) is 21.6 Å². The Kier molecular flexibility index (Phi) is 3.00. The van der Waals surface area contributed by atoms with Crippen LogP contribution in [-0.4, -0.2) is 14.5 Å². The minimum absolute atomic E-state index is 0.0340. The molecule has 2 aromatic heterocycles. The molecule has 2 heterocycles. The third-order valence-electron chi connectivity index (χ3n) is 3.37. The second-order valence-corrected chi connectivity index (χ2v) is 7.39. The van der Waals surface area contributed by atoms with E-state index in [0.717, 1.165) is 9.82 Å². The van der Waals surface area contributed by atoms with Gasteiger partial charge in [-0.25, -0.2) is 0 Å². The Morgan fingerprint density at radius 2 is 1.76 bits per heavy atom. The number of hydrogen-bond donors (Lipinski definition) is 0. The molecule has 0 spiro atoms. The first kappa shape index (κ1) is 12.9. The van der Waals surface area contributed by atoms with Gasteiger partial charge in [0.05, 0.1) is 0 Å². The molecule has 0 aliphatic heterocycles. The van der Waals surface area contributed by atoms with E-state index in [4.69, 9.17) is 16.0 Å². The van der Waals surface area contributed by atoms with Crippen molar-refractivity contribution in [1.29, 1.82) is 0 Å². The van der Waals surface area contributed by atoms with Crippen LogP contribution in [-0.2, 0) is 0 Å². The fourth-order valence-corrected chi connectivity index (χ4v) is 4.72. The van der Waals surface area contributed by atoms with Gasteiger partial charge in [0.1, 0.15) is 0 Å². The van der Waals surface area contributed by atoms with Crippen molar-refractivity contribution in [1.82, 2.24) is 0 Å². The first-order chi connectivity index (χ1) is 10.2. The van der Waals surface area contributed by atoms with Crippen LogP contribution in [0.2, 0.25) is 5.02 Å². The Bertz CT molecular complexity index is 1020. The molecular weight excluding hydrogens is 351 g/mol. The van der Waals surface area contributed by atoms with Crippen molar-refractivity contribution < 1.29 is 4.42 Å². The van der Waals surface area contributed by atoms with Gasteiger partial charge in [-0.15, -0.1) is 0 Å². The Hall–Kier alpha value is -1.80. The molecule has 4 aromatic rings. The molecule has 0 bridgehead atoms. The Balaban J connectivity index is 2.06. The van der Waals surface area contributed by atoms with Gasteiger partial charge in [-0.3, -0.25) is 0 Å². The standard InChI is InChI=1S/C17H9ClO2Se/c18-11-6-7-13-12(8-11)16(19)17-14(20-13)9-15(21-17)10-4-2-1-3-5-10/h1-9H. The molecule has 2 aromatic carbocycles. The summed E-state index contributed by atoms with van der Waals surface area (Å²) in [6.07, 6.45) is 0. The Morgan fingerprint density at radius 3 is 2.57 bits per heavy atom. The summed E-state index contributed by atoms with van der Waals surface area (Å²) in [6, 6.07) is 17.3. The zero-order valence-corrected chi connectivity index (χ0v) is 13.3. The summed E-state index contributed by atoms with van der Waals surface area (Å²) in [6.45, 7) is 0. The summed E-state index contributed by atoms with van der Waals surface area (Å²) < 4.78 is 7.81. The zero-order chi connectivity index (χ0) is 14.4. The normalized spacial score (nSPS) is 11.3. The molecule has 4 rings (SSSR count). The van der Waals surface area contributed by atoms with Crippen molar-refractivity contribution in [3.63, 3.8) is 0 Å².